The Morgan fingerprint density at radius 3 is 2.45 bits per heavy atom. The number of hydrogen-bond acceptors (Lipinski definition) is 4. The SMILES string of the molecule is CCOc1ccccc1OCCN(C)CC(Cl)COC. The lowest BCUT2D eigenvalue weighted by molar-refractivity contribution is 0.174. The minimum absolute atomic E-state index is 0.000658. The van der Waals surface area contributed by atoms with Gasteiger partial charge in [-0.15, -0.1) is 11.6 Å². The standard InChI is InChI=1S/C15H24ClNO3/c1-4-19-14-7-5-6-8-15(14)20-10-9-17(2)11-13(16)12-18-3/h5-8,13H,4,9-12H2,1-3H3. The van der Waals surface area contributed by atoms with E-state index in [2.05, 4.69) is 4.90 Å². The first kappa shape index (κ1) is 17.1. The molecule has 0 amide bonds. The molecule has 114 valence electrons. The summed E-state index contributed by atoms with van der Waals surface area (Å²) in [5.74, 6) is 1.56. The molecule has 0 aliphatic heterocycles. The van der Waals surface area contributed by atoms with Crippen molar-refractivity contribution in [2.45, 2.75) is 12.3 Å². The minimum atomic E-state index is 0.000658. The van der Waals surface area contributed by atoms with Gasteiger partial charge in [0.05, 0.1) is 18.6 Å². The summed E-state index contributed by atoms with van der Waals surface area (Å²) in [6.45, 7) is 5.31. The van der Waals surface area contributed by atoms with Crippen molar-refractivity contribution < 1.29 is 14.2 Å². The minimum Gasteiger partial charge on any atom is -0.490 e. The number of halogens is 1. The predicted octanol–water partition coefficient (Wildman–Crippen LogP) is 2.65. The van der Waals surface area contributed by atoms with Crippen LogP contribution in [0.2, 0.25) is 0 Å². The van der Waals surface area contributed by atoms with Gasteiger partial charge in [0.25, 0.3) is 0 Å². The van der Waals surface area contributed by atoms with Crippen LogP contribution in [-0.4, -0.2) is 57.3 Å². The van der Waals surface area contributed by atoms with E-state index in [0.29, 0.717) is 19.8 Å². The third-order valence-electron chi connectivity index (χ3n) is 2.74. The Labute approximate surface area is 126 Å². The van der Waals surface area contributed by atoms with Gasteiger partial charge in [0, 0.05) is 20.2 Å². The van der Waals surface area contributed by atoms with Crippen LogP contribution in [0.3, 0.4) is 0 Å². The molecule has 5 heteroatoms. The van der Waals surface area contributed by atoms with E-state index in [9.17, 15) is 0 Å². The number of alkyl halides is 1. The van der Waals surface area contributed by atoms with E-state index in [4.69, 9.17) is 25.8 Å². The van der Waals surface area contributed by atoms with Gasteiger partial charge in [-0.05, 0) is 26.1 Å². The van der Waals surface area contributed by atoms with Gasteiger partial charge >= 0.3 is 0 Å². The first-order valence-electron chi connectivity index (χ1n) is 6.83. The molecule has 0 heterocycles. The molecule has 0 saturated heterocycles. The number of nitrogens with zero attached hydrogens (tertiary/aromatic N) is 1. The van der Waals surface area contributed by atoms with Gasteiger partial charge in [-0.3, -0.25) is 0 Å². The maximum Gasteiger partial charge on any atom is 0.161 e. The smallest absolute Gasteiger partial charge is 0.161 e. The molecular weight excluding hydrogens is 278 g/mol. The van der Waals surface area contributed by atoms with Crippen molar-refractivity contribution in [3.8, 4) is 11.5 Å². The third kappa shape index (κ3) is 6.46. The van der Waals surface area contributed by atoms with Crippen molar-refractivity contribution in [1.29, 1.82) is 0 Å². The van der Waals surface area contributed by atoms with Crippen molar-refractivity contribution in [1.82, 2.24) is 4.90 Å². The molecule has 0 fully saturated rings. The molecule has 0 N–H and O–H groups in total. The highest BCUT2D eigenvalue weighted by Gasteiger charge is 2.09. The molecule has 1 aromatic rings. The van der Waals surface area contributed by atoms with Crippen LogP contribution in [0, 0.1) is 0 Å². The number of benzene rings is 1. The lowest BCUT2D eigenvalue weighted by Gasteiger charge is -2.20. The number of hydrogen-bond donors (Lipinski definition) is 0. The zero-order valence-electron chi connectivity index (χ0n) is 12.5. The van der Waals surface area contributed by atoms with Gasteiger partial charge in [0.1, 0.15) is 6.61 Å². The average molecular weight is 302 g/mol. The quantitative estimate of drug-likeness (QED) is 0.622. The van der Waals surface area contributed by atoms with E-state index in [-0.39, 0.29) is 5.38 Å². The number of para-hydroxylation sites is 2. The highest BCUT2D eigenvalue weighted by Crippen LogP contribution is 2.26. The number of rotatable bonds is 10. The fourth-order valence-corrected chi connectivity index (χ4v) is 2.18. The Morgan fingerprint density at radius 1 is 1.20 bits per heavy atom. The maximum absolute atomic E-state index is 6.11. The summed E-state index contributed by atoms with van der Waals surface area (Å²) in [5.41, 5.74) is 0. The summed E-state index contributed by atoms with van der Waals surface area (Å²) in [5, 5.41) is 0.000658. The monoisotopic (exact) mass is 301 g/mol. The molecule has 1 atom stereocenters. The third-order valence-corrected chi connectivity index (χ3v) is 3.00. The molecule has 1 unspecified atom stereocenters. The summed E-state index contributed by atoms with van der Waals surface area (Å²) in [4.78, 5) is 2.12. The van der Waals surface area contributed by atoms with Gasteiger partial charge in [-0.1, -0.05) is 12.1 Å². The molecule has 0 aliphatic rings. The Bertz CT molecular complexity index is 376. The summed E-state index contributed by atoms with van der Waals surface area (Å²) in [7, 11) is 3.67. The summed E-state index contributed by atoms with van der Waals surface area (Å²) in [6.07, 6.45) is 0. The number of likely N-dealkylation sites (N-methyl/N-ethyl adjacent to an activating group) is 1. The van der Waals surface area contributed by atoms with Crippen LogP contribution >= 0.6 is 11.6 Å². The van der Waals surface area contributed by atoms with Crippen molar-refractivity contribution in [2.75, 3.05) is 47.1 Å². The van der Waals surface area contributed by atoms with Crippen LogP contribution in [-0.2, 0) is 4.74 Å². The molecule has 0 aromatic heterocycles. The van der Waals surface area contributed by atoms with E-state index in [0.717, 1.165) is 24.6 Å². The van der Waals surface area contributed by atoms with Crippen molar-refractivity contribution in [2.24, 2.45) is 0 Å². The van der Waals surface area contributed by atoms with Crippen LogP contribution < -0.4 is 9.47 Å². The Hall–Kier alpha value is -0.970. The largest absolute Gasteiger partial charge is 0.490 e. The second-order valence-corrected chi connectivity index (χ2v) is 5.16. The topological polar surface area (TPSA) is 30.9 Å². The lowest BCUT2D eigenvalue weighted by atomic mass is 10.3. The Kier molecular flexibility index (Phi) is 8.42. The van der Waals surface area contributed by atoms with E-state index in [1.165, 1.54) is 0 Å². The summed E-state index contributed by atoms with van der Waals surface area (Å²) >= 11 is 6.11. The van der Waals surface area contributed by atoms with E-state index in [1.807, 2.05) is 38.2 Å². The van der Waals surface area contributed by atoms with Crippen LogP contribution in [0.1, 0.15) is 6.92 Å². The van der Waals surface area contributed by atoms with Crippen molar-refractivity contribution >= 4 is 11.6 Å². The summed E-state index contributed by atoms with van der Waals surface area (Å²) in [6, 6.07) is 7.71. The molecule has 0 radical (unpaired) electrons. The fourth-order valence-electron chi connectivity index (χ4n) is 1.82. The number of methoxy groups -OCH3 is 1. The normalized spacial score (nSPS) is 12.4. The van der Waals surface area contributed by atoms with Gasteiger partial charge in [-0.2, -0.15) is 0 Å². The first-order chi connectivity index (χ1) is 9.67. The van der Waals surface area contributed by atoms with Crippen LogP contribution in [0.5, 0.6) is 11.5 Å². The zero-order chi connectivity index (χ0) is 14.8. The van der Waals surface area contributed by atoms with Crippen LogP contribution in [0.25, 0.3) is 0 Å². The Morgan fingerprint density at radius 2 is 1.85 bits per heavy atom. The first-order valence-corrected chi connectivity index (χ1v) is 7.27. The highest BCUT2D eigenvalue weighted by molar-refractivity contribution is 6.20. The lowest BCUT2D eigenvalue weighted by Crippen LogP contribution is -2.31. The van der Waals surface area contributed by atoms with Gasteiger partial charge < -0.3 is 19.1 Å². The molecule has 0 spiro atoms. The maximum atomic E-state index is 6.11. The molecular formula is C15H24ClNO3. The Balaban J connectivity index is 2.33. The van der Waals surface area contributed by atoms with Gasteiger partial charge in [0.15, 0.2) is 11.5 Å². The molecule has 0 aliphatic carbocycles. The molecule has 20 heavy (non-hydrogen) atoms. The molecule has 4 nitrogen and oxygen atoms in total. The van der Waals surface area contributed by atoms with Gasteiger partial charge in [0.2, 0.25) is 0 Å². The van der Waals surface area contributed by atoms with Gasteiger partial charge in [-0.25, -0.2) is 0 Å². The van der Waals surface area contributed by atoms with E-state index < -0.39 is 0 Å². The van der Waals surface area contributed by atoms with Crippen molar-refractivity contribution in [3.05, 3.63) is 24.3 Å². The number of ether oxygens (including phenoxy) is 3. The average Bonchev–Trinajstić information content (AvgIpc) is 2.41. The van der Waals surface area contributed by atoms with E-state index >= 15 is 0 Å². The van der Waals surface area contributed by atoms with Crippen molar-refractivity contribution in [3.63, 3.8) is 0 Å². The predicted molar refractivity (Wildman–Crippen MR) is 82.1 cm³/mol. The molecule has 0 saturated carbocycles. The fraction of sp³-hybridized carbons (Fsp3) is 0.600. The van der Waals surface area contributed by atoms with E-state index in [1.54, 1.807) is 7.11 Å². The van der Waals surface area contributed by atoms with Crippen LogP contribution in [0.15, 0.2) is 24.3 Å². The molecule has 1 rings (SSSR count). The molecule has 1 aromatic carbocycles. The second-order valence-electron chi connectivity index (χ2n) is 4.54. The second kappa shape index (κ2) is 9.86. The zero-order valence-corrected chi connectivity index (χ0v) is 13.2. The highest BCUT2D eigenvalue weighted by atomic mass is 35.5. The molecule has 0 bridgehead atoms. The summed E-state index contributed by atoms with van der Waals surface area (Å²) < 4.78 is 16.3. The van der Waals surface area contributed by atoms with Crippen LogP contribution in [0.4, 0.5) is 0 Å².